The van der Waals surface area contributed by atoms with Gasteiger partial charge in [0.25, 0.3) is 11.5 Å². The third kappa shape index (κ3) is 5.07. The Morgan fingerprint density at radius 2 is 1.86 bits per heavy atom. The number of methoxy groups -OCH3 is 2. The molecule has 0 radical (unpaired) electrons. The number of fused-ring (bicyclic) bond motifs is 1. The highest BCUT2D eigenvalue weighted by Gasteiger charge is 2.36. The third-order valence-corrected chi connectivity index (χ3v) is 6.77. The molecule has 4 rings (SSSR count). The molecule has 1 aromatic carbocycles. The zero-order valence-corrected chi connectivity index (χ0v) is 19.9. The highest BCUT2D eigenvalue weighted by molar-refractivity contribution is 6.00. The molecule has 0 saturated carbocycles. The summed E-state index contributed by atoms with van der Waals surface area (Å²) in [7, 11) is 2.70. The van der Waals surface area contributed by atoms with Crippen LogP contribution in [-0.4, -0.2) is 66.1 Å². The zero-order chi connectivity index (χ0) is 25.1. The van der Waals surface area contributed by atoms with Crippen molar-refractivity contribution in [3.8, 4) is 5.75 Å². The molecule has 1 amide bonds. The van der Waals surface area contributed by atoms with Crippen molar-refractivity contribution in [2.75, 3.05) is 33.9 Å². The van der Waals surface area contributed by atoms with E-state index in [0.717, 1.165) is 18.9 Å². The van der Waals surface area contributed by atoms with E-state index < -0.39 is 23.6 Å². The van der Waals surface area contributed by atoms with Gasteiger partial charge in [0.1, 0.15) is 29.0 Å². The van der Waals surface area contributed by atoms with E-state index in [-0.39, 0.29) is 29.3 Å². The molecule has 1 aromatic heterocycles. The first-order valence-electron chi connectivity index (χ1n) is 11.7. The second kappa shape index (κ2) is 10.6. The fourth-order valence-corrected chi connectivity index (χ4v) is 4.93. The maximum Gasteiger partial charge on any atom is 0.328 e. The smallest absolute Gasteiger partial charge is 0.328 e. The van der Waals surface area contributed by atoms with Crippen LogP contribution in [0, 0.1) is 11.6 Å². The minimum atomic E-state index is -0.692. The van der Waals surface area contributed by atoms with Crippen LogP contribution in [0.25, 0.3) is 0 Å². The van der Waals surface area contributed by atoms with Crippen molar-refractivity contribution in [1.82, 2.24) is 14.4 Å². The lowest BCUT2D eigenvalue weighted by Crippen LogP contribution is -2.49. The van der Waals surface area contributed by atoms with Crippen LogP contribution in [0.5, 0.6) is 5.75 Å². The van der Waals surface area contributed by atoms with Gasteiger partial charge >= 0.3 is 5.97 Å². The monoisotopic (exact) mass is 489 g/mol. The van der Waals surface area contributed by atoms with Gasteiger partial charge in [0, 0.05) is 62.5 Å². The summed E-state index contributed by atoms with van der Waals surface area (Å²) in [6, 6.07) is 4.08. The Morgan fingerprint density at radius 1 is 1.06 bits per heavy atom. The van der Waals surface area contributed by atoms with E-state index in [1.54, 1.807) is 4.57 Å². The minimum absolute atomic E-state index is 0.165. The van der Waals surface area contributed by atoms with Crippen molar-refractivity contribution in [2.45, 2.75) is 44.8 Å². The number of ether oxygens (including phenoxy) is 2. The highest BCUT2D eigenvalue weighted by atomic mass is 19.1. The predicted octanol–water partition coefficient (Wildman–Crippen LogP) is 2.36. The number of aromatic nitrogens is 1. The Labute approximate surface area is 202 Å². The maximum atomic E-state index is 14.2. The number of amides is 1. The van der Waals surface area contributed by atoms with Gasteiger partial charge in [-0.2, -0.15) is 0 Å². The summed E-state index contributed by atoms with van der Waals surface area (Å²) in [5.74, 6) is -1.94. The Bertz CT molecular complexity index is 1180. The van der Waals surface area contributed by atoms with Crippen molar-refractivity contribution in [1.29, 1.82) is 0 Å². The maximum absolute atomic E-state index is 14.2. The lowest BCUT2D eigenvalue weighted by molar-refractivity contribution is -0.147. The van der Waals surface area contributed by atoms with Gasteiger partial charge in [-0.1, -0.05) is 6.07 Å². The predicted molar refractivity (Wildman–Crippen MR) is 123 cm³/mol. The highest BCUT2D eigenvalue weighted by Crippen LogP contribution is 2.28. The normalized spacial score (nSPS) is 18.5. The summed E-state index contributed by atoms with van der Waals surface area (Å²) < 4.78 is 39.4. The van der Waals surface area contributed by atoms with Gasteiger partial charge < -0.3 is 18.9 Å². The number of likely N-dealkylation sites (tertiary alicyclic amines) is 1. The van der Waals surface area contributed by atoms with Crippen molar-refractivity contribution >= 4 is 11.9 Å². The van der Waals surface area contributed by atoms with E-state index in [1.807, 2.05) is 4.90 Å². The van der Waals surface area contributed by atoms with Crippen molar-refractivity contribution in [3.05, 3.63) is 63.1 Å². The van der Waals surface area contributed by atoms with Gasteiger partial charge in [-0.25, -0.2) is 13.6 Å². The van der Waals surface area contributed by atoms with Gasteiger partial charge in [0.15, 0.2) is 0 Å². The second-order valence-corrected chi connectivity index (χ2v) is 8.82. The molecule has 35 heavy (non-hydrogen) atoms. The third-order valence-electron chi connectivity index (χ3n) is 6.77. The Kier molecular flexibility index (Phi) is 7.49. The standard InChI is InChI=1S/C25H29F2N3O5/c1-34-21-14-22(31)29-12-11-28(15-16-6-7-17(26)13-18(16)27)10-8-19(29)23(21)24(32)30-9-4-3-5-20(30)25(33)35-2/h6-7,13-14,20H,3-5,8-12,15H2,1-2H3. The number of piperidine rings is 1. The molecule has 188 valence electrons. The first kappa shape index (κ1) is 24.8. The van der Waals surface area contributed by atoms with Gasteiger partial charge in [0.2, 0.25) is 0 Å². The number of carbonyl (C=O) groups excluding carboxylic acids is 2. The number of halogens is 2. The SMILES string of the molecule is COC(=O)C1CCCCN1C(=O)c1c(OC)cc(=O)n2c1CCN(Cc1ccc(F)cc1F)CC2. The van der Waals surface area contributed by atoms with Gasteiger partial charge in [0.05, 0.1) is 14.2 Å². The fraction of sp³-hybridized carbons (Fsp3) is 0.480. The van der Waals surface area contributed by atoms with E-state index in [1.165, 1.54) is 37.3 Å². The number of hydrogen-bond acceptors (Lipinski definition) is 6. The van der Waals surface area contributed by atoms with Crippen molar-refractivity contribution < 1.29 is 27.8 Å². The number of pyridine rings is 1. The average Bonchev–Trinajstić information content (AvgIpc) is 3.07. The van der Waals surface area contributed by atoms with Gasteiger partial charge in [-0.15, -0.1) is 0 Å². The second-order valence-electron chi connectivity index (χ2n) is 8.82. The average molecular weight is 490 g/mol. The van der Waals surface area contributed by atoms with Crippen LogP contribution in [0.4, 0.5) is 8.78 Å². The zero-order valence-electron chi connectivity index (χ0n) is 19.9. The van der Waals surface area contributed by atoms with E-state index in [4.69, 9.17) is 9.47 Å². The van der Waals surface area contributed by atoms with E-state index in [9.17, 15) is 23.2 Å². The molecule has 8 nitrogen and oxygen atoms in total. The van der Waals surface area contributed by atoms with Crippen molar-refractivity contribution in [2.24, 2.45) is 0 Å². The number of benzene rings is 1. The van der Waals surface area contributed by atoms with Crippen LogP contribution in [-0.2, 0) is 29.0 Å². The Balaban J connectivity index is 1.66. The fourth-order valence-electron chi connectivity index (χ4n) is 4.93. The molecular formula is C25H29F2N3O5. The summed E-state index contributed by atoms with van der Waals surface area (Å²) >= 11 is 0. The molecule has 2 aliphatic heterocycles. The van der Waals surface area contributed by atoms with E-state index >= 15 is 0 Å². The molecule has 1 unspecified atom stereocenters. The van der Waals surface area contributed by atoms with Crippen LogP contribution >= 0.6 is 0 Å². The molecule has 3 heterocycles. The lowest BCUT2D eigenvalue weighted by Gasteiger charge is -2.34. The summed E-state index contributed by atoms with van der Waals surface area (Å²) in [6.07, 6.45) is 2.41. The molecule has 1 saturated heterocycles. The van der Waals surface area contributed by atoms with Crippen molar-refractivity contribution in [3.63, 3.8) is 0 Å². The summed E-state index contributed by atoms with van der Waals surface area (Å²) in [5.41, 5.74) is 0.840. The molecule has 1 fully saturated rings. The van der Waals surface area contributed by atoms with Gasteiger partial charge in [-0.05, 0) is 25.3 Å². The number of nitrogens with zero attached hydrogens (tertiary/aromatic N) is 3. The Morgan fingerprint density at radius 3 is 2.57 bits per heavy atom. The van der Waals surface area contributed by atoms with E-state index in [0.29, 0.717) is 50.3 Å². The summed E-state index contributed by atoms with van der Waals surface area (Å²) in [4.78, 5) is 42.5. The Hall–Kier alpha value is -3.27. The lowest BCUT2D eigenvalue weighted by atomic mass is 9.99. The molecular weight excluding hydrogens is 460 g/mol. The van der Waals surface area contributed by atoms with Crippen LogP contribution in [0.3, 0.4) is 0 Å². The molecule has 1 atom stereocenters. The van der Waals surface area contributed by atoms with E-state index in [2.05, 4.69) is 0 Å². The summed E-state index contributed by atoms with van der Waals surface area (Å²) in [5, 5.41) is 0. The van der Waals surface area contributed by atoms with Crippen LogP contribution in [0.1, 0.15) is 40.9 Å². The number of hydrogen-bond donors (Lipinski definition) is 0. The number of esters is 1. The van der Waals surface area contributed by atoms with Crippen LogP contribution in [0.15, 0.2) is 29.1 Å². The molecule has 2 aliphatic rings. The summed E-state index contributed by atoms with van der Waals surface area (Å²) in [6.45, 7) is 1.83. The molecule has 0 bridgehead atoms. The first-order chi connectivity index (χ1) is 16.8. The quantitative estimate of drug-likeness (QED) is 0.600. The molecule has 2 aromatic rings. The molecule has 0 N–H and O–H groups in total. The molecule has 10 heteroatoms. The topological polar surface area (TPSA) is 81.1 Å². The van der Waals surface area contributed by atoms with Crippen LogP contribution in [0.2, 0.25) is 0 Å². The van der Waals surface area contributed by atoms with Gasteiger partial charge in [-0.3, -0.25) is 14.5 Å². The molecule has 0 aliphatic carbocycles. The minimum Gasteiger partial charge on any atom is -0.496 e. The number of carbonyl (C=O) groups is 2. The number of rotatable bonds is 5. The molecule has 0 spiro atoms. The first-order valence-corrected chi connectivity index (χ1v) is 11.7. The largest absolute Gasteiger partial charge is 0.496 e. The van der Waals surface area contributed by atoms with Crippen LogP contribution < -0.4 is 10.3 Å².